The van der Waals surface area contributed by atoms with Crippen LogP contribution in [0.1, 0.15) is 78.9 Å². The molecule has 2 rings (SSSR count). The van der Waals surface area contributed by atoms with E-state index in [2.05, 4.69) is 20.8 Å². The van der Waals surface area contributed by atoms with Crippen molar-refractivity contribution in [2.75, 3.05) is 0 Å². The molecule has 1 aromatic carbocycles. The normalized spacial score (nSPS) is 26.8. The Kier molecular flexibility index (Phi) is 7.36. The molecule has 0 spiro atoms. The molecule has 1 aliphatic carbocycles. The average Bonchev–Trinajstić information content (AvgIpc) is 2.57. The van der Waals surface area contributed by atoms with Crippen molar-refractivity contribution in [1.29, 1.82) is 0 Å². The predicted octanol–water partition coefficient (Wildman–Crippen LogP) is 3.93. The van der Waals surface area contributed by atoms with Crippen LogP contribution in [0.15, 0.2) is 24.3 Å². The molecule has 6 heteroatoms. The predicted molar refractivity (Wildman–Crippen MR) is 118 cm³/mol. The molecule has 0 heterocycles. The van der Waals surface area contributed by atoms with Crippen molar-refractivity contribution in [3.8, 4) is 0 Å². The standard InChI is InChI=1S/C25H36O6/c1-14(2)30-22(27)20-18(26)13-25(8,29)21(23(28)31-15(3)4)19(20)16-9-11-17(12-10-16)24(5,6)7/h9-12,14-15,19-21,29H,13H2,1-8H3/t19-,20+,21+,25-/m1/s1. The fraction of sp³-hybridized carbons (Fsp3) is 0.640. The van der Waals surface area contributed by atoms with Crippen molar-refractivity contribution in [3.63, 3.8) is 0 Å². The van der Waals surface area contributed by atoms with Crippen LogP contribution in [0.4, 0.5) is 0 Å². The van der Waals surface area contributed by atoms with E-state index < -0.39 is 53.3 Å². The number of ketones is 1. The van der Waals surface area contributed by atoms with Gasteiger partial charge in [0.1, 0.15) is 5.92 Å². The number of rotatable bonds is 5. The van der Waals surface area contributed by atoms with E-state index in [-0.39, 0.29) is 11.8 Å². The summed E-state index contributed by atoms with van der Waals surface area (Å²) in [6.45, 7) is 14.6. The van der Waals surface area contributed by atoms with Gasteiger partial charge in [-0.1, -0.05) is 45.0 Å². The maximum atomic E-state index is 13.1. The zero-order chi connectivity index (χ0) is 23.7. The van der Waals surface area contributed by atoms with E-state index in [0.717, 1.165) is 5.56 Å². The number of carbonyl (C=O) groups excluding carboxylic acids is 3. The molecule has 0 radical (unpaired) electrons. The molecule has 0 amide bonds. The molecule has 1 aromatic rings. The maximum Gasteiger partial charge on any atom is 0.317 e. The number of ether oxygens (including phenoxy) is 2. The fourth-order valence-corrected chi connectivity index (χ4v) is 4.23. The molecule has 4 atom stereocenters. The minimum Gasteiger partial charge on any atom is -0.463 e. The summed E-state index contributed by atoms with van der Waals surface area (Å²) < 4.78 is 10.8. The van der Waals surface area contributed by atoms with E-state index in [1.54, 1.807) is 27.7 Å². The Labute approximate surface area is 185 Å². The van der Waals surface area contributed by atoms with Gasteiger partial charge in [0.25, 0.3) is 0 Å². The highest BCUT2D eigenvalue weighted by Gasteiger charge is 2.57. The van der Waals surface area contributed by atoms with Crippen LogP contribution in [0.25, 0.3) is 0 Å². The minimum absolute atomic E-state index is 0.0850. The SMILES string of the molecule is CC(C)OC(=O)[C@H]1C(=O)C[C@@](C)(O)[C@H](C(=O)OC(C)C)[C@@H]1c1ccc(C(C)(C)C)cc1. The van der Waals surface area contributed by atoms with E-state index >= 15 is 0 Å². The molecule has 1 aliphatic rings. The van der Waals surface area contributed by atoms with Gasteiger partial charge in [-0.25, -0.2) is 0 Å². The molecular formula is C25H36O6. The Hall–Kier alpha value is -2.21. The fourth-order valence-electron chi connectivity index (χ4n) is 4.23. The molecular weight excluding hydrogens is 396 g/mol. The number of aliphatic hydroxyl groups is 1. The van der Waals surface area contributed by atoms with Crippen molar-refractivity contribution in [1.82, 2.24) is 0 Å². The van der Waals surface area contributed by atoms with Gasteiger partial charge in [0.05, 0.1) is 23.7 Å². The molecule has 1 N–H and O–H groups in total. The molecule has 0 bridgehead atoms. The van der Waals surface area contributed by atoms with Crippen LogP contribution >= 0.6 is 0 Å². The maximum absolute atomic E-state index is 13.1. The monoisotopic (exact) mass is 432 g/mol. The lowest BCUT2D eigenvalue weighted by atomic mass is 9.61. The van der Waals surface area contributed by atoms with E-state index in [1.807, 2.05) is 24.3 Å². The van der Waals surface area contributed by atoms with Gasteiger partial charge < -0.3 is 14.6 Å². The summed E-state index contributed by atoms with van der Waals surface area (Å²) >= 11 is 0. The van der Waals surface area contributed by atoms with Crippen molar-refractivity contribution >= 4 is 17.7 Å². The lowest BCUT2D eigenvalue weighted by Gasteiger charge is -2.44. The van der Waals surface area contributed by atoms with E-state index in [0.29, 0.717) is 5.56 Å². The van der Waals surface area contributed by atoms with Crippen LogP contribution in [0.2, 0.25) is 0 Å². The number of carbonyl (C=O) groups is 3. The van der Waals surface area contributed by atoms with Crippen LogP contribution < -0.4 is 0 Å². The van der Waals surface area contributed by atoms with E-state index in [4.69, 9.17) is 9.47 Å². The van der Waals surface area contributed by atoms with Gasteiger partial charge in [0, 0.05) is 12.3 Å². The Morgan fingerprint density at radius 2 is 1.48 bits per heavy atom. The summed E-state index contributed by atoms with van der Waals surface area (Å²) in [6, 6.07) is 7.51. The van der Waals surface area contributed by atoms with Crippen LogP contribution in [-0.2, 0) is 29.3 Å². The summed E-state index contributed by atoms with van der Waals surface area (Å²) in [4.78, 5) is 39.1. The van der Waals surface area contributed by atoms with Crippen molar-refractivity contribution < 1.29 is 29.0 Å². The Bertz CT molecular complexity index is 805. The third-order valence-electron chi connectivity index (χ3n) is 5.64. The average molecular weight is 433 g/mol. The summed E-state index contributed by atoms with van der Waals surface area (Å²) in [6.07, 6.45) is -1.13. The molecule has 0 aliphatic heterocycles. The van der Waals surface area contributed by atoms with Crippen molar-refractivity contribution in [2.45, 2.75) is 91.0 Å². The molecule has 1 saturated carbocycles. The molecule has 0 aromatic heterocycles. The van der Waals surface area contributed by atoms with Crippen molar-refractivity contribution in [2.24, 2.45) is 11.8 Å². The molecule has 0 saturated heterocycles. The van der Waals surface area contributed by atoms with Gasteiger partial charge in [-0.15, -0.1) is 0 Å². The second-order valence-corrected chi connectivity index (χ2v) is 10.3. The topological polar surface area (TPSA) is 89.9 Å². The molecule has 31 heavy (non-hydrogen) atoms. The Balaban J connectivity index is 2.63. The minimum atomic E-state index is -1.65. The summed E-state index contributed by atoms with van der Waals surface area (Å²) in [5.74, 6) is -4.90. The van der Waals surface area contributed by atoms with Crippen LogP contribution in [0.3, 0.4) is 0 Å². The molecule has 172 valence electrons. The molecule has 0 unspecified atom stereocenters. The zero-order valence-corrected chi connectivity index (χ0v) is 19.9. The van der Waals surface area contributed by atoms with Crippen LogP contribution in [0, 0.1) is 11.8 Å². The van der Waals surface area contributed by atoms with Crippen LogP contribution in [-0.4, -0.2) is 40.6 Å². The van der Waals surface area contributed by atoms with Crippen LogP contribution in [0.5, 0.6) is 0 Å². The zero-order valence-electron chi connectivity index (χ0n) is 19.9. The highest BCUT2D eigenvalue weighted by molar-refractivity contribution is 6.02. The largest absolute Gasteiger partial charge is 0.463 e. The number of esters is 2. The van der Waals surface area contributed by atoms with Gasteiger partial charge in [-0.2, -0.15) is 0 Å². The second-order valence-electron chi connectivity index (χ2n) is 10.3. The third kappa shape index (κ3) is 5.73. The summed E-state index contributed by atoms with van der Waals surface area (Å²) in [5.41, 5.74) is -0.0332. The van der Waals surface area contributed by atoms with Gasteiger partial charge in [0.2, 0.25) is 0 Å². The van der Waals surface area contributed by atoms with Gasteiger partial charge >= 0.3 is 11.9 Å². The van der Waals surface area contributed by atoms with Gasteiger partial charge in [-0.05, 0) is 51.2 Å². The van der Waals surface area contributed by atoms with E-state index in [9.17, 15) is 19.5 Å². The summed E-state index contributed by atoms with van der Waals surface area (Å²) in [7, 11) is 0. The first kappa shape index (κ1) is 25.1. The number of hydrogen-bond acceptors (Lipinski definition) is 6. The van der Waals surface area contributed by atoms with Crippen molar-refractivity contribution in [3.05, 3.63) is 35.4 Å². The lowest BCUT2D eigenvalue weighted by molar-refractivity contribution is -0.176. The summed E-state index contributed by atoms with van der Waals surface area (Å²) in [5, 5.41) is 11.1. The first-order chi connectivity index (χ1) is 14.1. The third-order valence-corrected chi connectivity index (χ3v) is 5.64. The van der Waals surface area contributed by atoms with Gasteiger partial charge in [0.15, 0.2) is 5.78 Å². The number of benzene rings is 1. The first-order valence-corrected chi connectivity index (χ1v) is 10.9. The number of Topliss-reactive ketones (excluding diaryl/α,β-unsaturated/α-hetero) is 1. The van der Waals surface area contributed by atoms with Gasteiger partial charge in [-0.3, -0.25) is 14.4 Å². The highest BCUT2D eigenvalue weighted by atomic mass is 16.5. The number of hydrogen-bond donors (Lipinski definition) is 1. The first-order valence-electron chi connectivity index (χ1n) is 10.9. The Morgan fingerprint density at radius 1 is 1.00 bits per heavy atom. The molecule has 6 nitrogen and oxygen atoms in total. The lowest BCUT2D eigenvalue weighted by Crippen LogP contribution is -2.55. The second kappa shape index (κ2) is 9.11. The highest BCUT2D eigenvalue weighted by Crippen LogP contribution is 2.47. The molecule has 1 fully saturated rings. The van der Waals surface area contributed by atoms with E-state index in [1.165, 1.54) is 6.92 Å². The quantitative estimate of drug-likeness (QED) is 0.560. The smallest absolute Gasteiger partial charge is 0.317 e. The Morgan fingerprint density at radius 3 is 1.94 bits per heavy atom.